The van der Waals surface area contributed by atoms with Crippen molar-refractivity contribution < 1.29 is 23.4 Å². The van der Waals surface area contributed by atoms with Gasteiger partial charge in [-0.3, -0.25) is 8.51 Å². The third-order valence-corrected chi connectivity index (χ3v) is 6.05. The summed E-state index contributed by atoms with van der Waals surface area (Å²) in [4.78, 5) is 13.5. The van der Waals surface area contributed by atoms with E-state index in [1.165, 1.54) is 11.8 Å². The maximum Gasteiger partial charge on any atom is 0.332 e. The molecule has 0 amide bonds. The molecule has 0 aliphatic carbocycles. The molecule has 2 atom stereocenters. The average Bonchev–Trinajstić information content (AvgIpc) is 2.70. The van der Waals surface area contributed by atoms with Gasteiger partial charge in [-0.05, 0) is 35.9 Å². The number of nitrogens with zero attached hydrogens (tertiary/aromatic N) is 1. The van der Waals surface area contributed by atoms with E-state index in [9.17, 15) is 18.7 Å². The van der Waals surface area contributed by atoms with Crippen LogP contribution in [0.4, 0.5) is 5.69 Å². The van der Waals surface area contributed by atoms with Gasteiger partial charge in [-0.1, -0.05) is 54.2 Å². The van der Waals surface area contributed by atoms with Crippen molar-refractivity contribution in [2.75, 3.05) is 4.31 Å². The van der Waals surface area contributed by atoms with Gasteiger partial charge in [0.2, 0.25) is 0 Å². The second kappa shape index (κ2) is 7.67. The molecule has 3 aromatic carbocycles. The van der Waals surface area contributed by atoms with E-state index in [0.29, 0.717) is 16.2 Å². The van der Waals surface area contributed by atoms with E-state index in [0.717, 1.165) is 15.0 Å². The average molecular weight is 412 g/mol. The number of hydrogen-bond acceptors (Lipinski definition) is 5. The van der Waals surface area contributed by atoms with Crippen molar-refractivity contribution in [1.29, 1.82) is 0 Å². The highest BCUT2D eigenvalue weighted by Crippen LogP contribution is 2.48. The normalized spacial score (nSPS) is 14.2. The minimum absolute atomic E-state index is 0.249. The van der Waals surface area contributed by atoms with Gasteiger partial charge in [0.15, 0.2) is 6.04 Å². The first-order valence-corrected chi connectivity index (χ1v) is 10.1. The fourth-order valence-electron chi connectivity index (χ4n) is 2.99. The van der Waals surface area contributed by atoms with E-state index < -0.39 is 23.3 Å². The lowest BCUT2D eigenvalue weighted by molar-refractivity contribution is -0.138. The Balaban J connectivity index is 1.75. The highest BCUT2D eigenvalue weighted by atomic mass is 32.2. The molecule has 0 bridgehead atoms. The monoisotopic (exact) mass is 412 g/mol. The van der Waals surface area contributed by atoms with E-state index in [4.69, 9.17) is 4.74 Å². The van der Waals surface area contributed by atoms with Crippen LogP contribution in [0.5, 0.6) is 11.5 Å². The van der Waals surface area contributed by atoms with E-state index in [-0.39, 0.29) is 5.69 Å². The van der Waals surface area contributed by atoms with Gasteiger partial charge in [0.25, 0.3) is 0 Å². The molecule has 8 heteroatoms. The highest BCUT2D eigenvalue weighted by molar-refractivity contribution is 7.99. The summed E-state index contributed by atoms with van der Waals surface area (Å²) in [6.45, 7) is 0. The van der Waals surface area contributed by atoms with E-state index in [1.54, 1.807) is 48.5 Å². The Kier molecular flexibility index (Phi) is 5.08. The molecule has 142 valence electrons. The van der Waals surface area contributed by atoms with E-state index in [1.807, 2.05) is 24.3 Å². The molecule has 4 rings (SSSR count). The maximum absolute atomic E-state index is 12.0. The van der Waals surface area contributed by atoms with Crippen LogP contribution < -0.4 is 9.04 Å². The van der Waals surface area contributed by atoms with Gasteiger partial charge in [-0.25, -0.2) is 4.79 Å². The second-order valence-electron chi connectivity index (χ2n) is 5.98. The number of aliphatic carboxylic acids is 1. The minimum Gasteiger partial charge on any atom is -0.755 e. The van der Waals surface area contributed by atoms with E-state index in [2.05, 4.69) is 0 Å². The largest absolute Gasteiger partial charge is 0.755 e. The van der Waals surface area contributed by atoms with Crippen molar-refractivity contribution in [3.05, 3.63) is 78.4 Å². The van der Waals surface area contributed by atoms with Crippen molar-refractivity contribution in [1.82, 2.24) is 0 Å². The minimum atomic E-state index is -2.80. The summed E-state index contributed by atoms with van der Waals surface area (Å²) in [6.07, 6.45) is 0. The van der Waals surface area contributed by atoms with Gasteiger partial charge >= 0.3 is 5.97 Å². The molecule has 0 saturated heterocycles. The summed E-state index contributed by atoms with van der Waals surface area (Å²) >= 11 is -1.36. The van der Waals surface area contributed by atoms with Gasteiger partial charge < -0.3 is 14.4 Å². The fraction of sp³-hybridized carbons (Fsp3) is 0.0500. The van der Waals surface area contributed by atoms with Crippen LogP contribution in [0.2, 0.25) is 0 Å². The maximum atomic E-state index is 12.0. The van der Waals surface area contributed by atoms with Gasteiger partial charge in [-0.15, -0.1) is 0 Å². The number of para-hydroxylation sites is 1. The molecule has 3 aromatic rings. The van der Waals surface area contributed by atoms with Gasteiger partial charge in [0.1, 0.15) is 11.5 Å². The third-order valence-electron chi connectivity index (χ3n) is 4.22. The fourth-order valence-corrected chi connectivity index (χ4v) is 4.64. The summed E-state index contributed by atoms with van der Waals surface area (Å²) in [6, 6.07) is 19.2. The van der Waals surface area contributed by atoms with Crippen molar-refractivity contribution in [3.8, 4) is 11.5 Å². The molecular weight excluding hydrogens is 398 g/mol. The standard InChI is InChI=1S/C20H15NO5S2/c22-20(23)19(13-6-2-1-3-7-13)21(28(24)25)14-10-11-16-18(12-14)27-17-9-5-4-8-15(17)26-16/h1-12,19H,(H,22,23)(H,24,25)/p-1. The number of rotatable bonds is 5. The first-order chi connectivity index (χ1) is 13.5. The smallest absolute Gasteiger partial charge is 0.332 e. The number of ether oxygens (including phenoxy) is 1. The van der Waals surface area contributed by atoms with Crippen LogP contribution in [-0.4, -0.2) is 19.8 Å². The van der Waals surface area contributed by atoms with Crippen molar-refractivity contribution in [2.24, 2.45) is 0 Å². The summed E-state index contributed by atoms with van der Waals surface area (Å²) in [5, 5.41) is 9.73. The van der Waals surface area contributed by atoms with Crippen molar-refractivity contribution in [2.45, 2.75) is 15.8 Å². The quantitative estimate of drug-likeness (QED) is 0.490. The predicted octanol–water partition coefficient (Wildman–Crippen LogP) is 4.37. The molecule has 0 fully saturated rings. The molecule has 2 unspecified atom stereocenters. The second-order valence-corrected chi connectivity index (χ2v) is 7.89. The van der Waals surface area contributed by atoms with Gasteiger partial charge in [0, 0.05) is 11.3 Å². The Bertz CT molecular complexity index is 1060. The van der Waals surface area contributed by atoms with Crippen LogP contribution in [0.1, 0.15) is 11.6 Å². The van der Waals surface area contributed by atoms with Crippen LogP contribution in [0.15, 0.2) is 82.6 Å². The Morgan fingerprint density at radius 3 is 2.39 bits per heavy atom. The molecule has 0 saturated carbocycles. The number of anilines is 1. The molecular formula is C20H14NO5S2-. The first-order valence-electron chi connectivity index (χ1n) is 8.30. The Labute approximate surface area is 168 Å². The lowest BCUT2D eigenvalue weighted by Crippen LogP contribution is -2.35. The lowest BCUT2D eigenvalue weighted by atomic mass is 10.1. The summed E-state index contributed by atoms with van der Waals surface area (Å²) in [5.74, 6) is 0.0581. The molecule has 1 aliphatic heterocycles. The van der Waals surface area contributed by atoms with Gasteiger partial charge in [0.05, 0.1) is 15.5 Å². The molecule has 0 spiro atoms. The topological polar surface area (TPSA) is 89.9 Å². The zero-order valence-electron chi connectivity index (χ0n) is 14.3. The number of carbonyl (C=O) groups is 1. The number of fused-ring (bicyclic) bond motifs is 2. The van der Waals surface area contributed by atoms with E-state index >= 15 is 0 Å². The summed E-state index contributed by atoms with van der Waals surface area (Å²) < 4.78 is 30.7. The Morgan fingerprint density at radius 2 is 1.68 bits per heavy atom. The number of carboxylic acids is 1. The van der Waals surface area contributed by atoms with Crippen molar-refractivity contribution >= 4 is 34.7 Å². The Hall–Kier alpha value is -2.81. The van der Waals surface area contributed by atoms with Crippen LogP contribution in [-0.2, 0) is 16.1 Å². The molecule has 6 nitrogen and oxygen atoms in total. The Morgan fingerprint density at radius 1 is 1.00 bits per heavy atom. The molecule has 0 aromatic heterocycles. The molecule has 0 radical (unpaired) electrons. The zero-order chi connectivity index (χ0) is 19.7. The molecule has 1 N–H and O–H groups in total. The first kappa shape index (κ1) is 18.5. The summed E-state index contributed by atoms with van der Waals surface area (Å²) in [7, 11) is 0. The number of benzene rings is 3. The van der Waals surface area contributed by atoms with Crippen LogP contribution in [0, 0.1) is 0 Å². The number of hydrogen-bond donors (Lipinski definition) is 1. The lowest BCUT2D eigenvalue weighted by Gasteiger charge is -2.33. The summed E-state index contributed by atoms with van der Waals surface area (Å²) in [5.41, 5.74) is 0.616. The number of carboxylic acid groups (broad SMARTS) is 1. The van der Waals surface area contributed by atoms with Crippen molar-refractivity contribution in [3.63, 3.8) is 0 Å². The third kappa shape index (κ3) is 3.49. The predicted molar refractivity (Wildman–Crippen MR) is 105 cm³/mol. The van der Waals surface area contributed by atoms with Crippen LogP contribution in [0.25, 0.3) is 0 Å². The molecule has 1 heterocycles. The molecule has 1 aliphatic rings. The molecule has 28 heavy (non-hydrogen) atoms. The van der Waals surface area contributed by atoms with Crippen LogP contribution in [0.3, 0.4) is 0 Å². The highest BCUT2D eigenvalue weighted by Gasteiger charge is 2.30. The van der Waals surface area contributed by atoms with Gasteiger partial charge in [-0.2, -0.15) is 0 Å². The zero-order valence-corrected chi connectivity index (χ0v) is 16.0. The van der Waals surface area contributed by atoms with Crippen LogP contribution >= 0.6 is 11.8 Å². The SMILES string of the molecule is O=C(O)C(c1ccccc1)N(c1ccc2c(c1)Sc1ccccc1O2)S(=O)[O-].